The standard InChI is InChI=1S/C18H27N3S/c1-6-14(7-2)18-20-15-8-11(3)12(4)9-16(15)21(18)10-13(5)17(19)22/h8-9,13-14H,6-7,10H2,1-5H3,(H2,19,22). The summed E-state index contributed by atoms with van der Waals surface area (Å²) in [5, 5.41) is 0. The van der Waals surface area contributed by atoms with Crippen LogP contribution in [0.25, 0.3) is 11.0 Å². The molecule has 0 saturated carbocycles. The molecule has 2 N–H and O–H groups in total. The van der Waals surface area contributed by atoms with Crippen LogP contribution < -0.4 is 5.73 Å². The summed E-state index contributed by atoms with van der Waals surface area (Å²) in [6, 6.07) is 4.44. The minimum atomic E-state index is 0.169. The predicted molar refractivity (Wildman–Crippen MR) is 98.5 cm³/mol. The van der Waals surface area contributed by atoms with Crippen molar-refractivity contribution in [2.45, 2.75) is 59.9 Å². The van der Waals surface area contributed by atoms with Gasteiger partial charge in [-0.1, -0.05) is 33.0 Å². The first kappa shape index (κ1) is 16.9. The SMILES string of the molecule is CCC(CC)c1nc2cc(C)c(C)cc2n1CC(C)C(N)=S. The minimum absolute atomic E-state index is 0.169. The topological polar surface area (TPSA) is 43.8 Å². The normalized spacial score (nSPS) is 13.0. The van der Waals surface area contributed by atoms with Gasteiger partial charge in [0.2, 0.25) is 0 Å². The fraction of sp³-hybridized carbons (Fsp3) is 0.556. The summed E-state index contributed by atoms with van der Waals surface area (Å²) in [5.41, 5.74) is 10.7. The van der Waals surface area contributed by atoms with Gasteiger partial charge in [0, 0.05) is 18.4 Å². The van der Waals surface area contributed by atoms with E-state index in [0.29, 0.717) is 10.9 Å². The fourth-order valence-corrected chi connectivity index (χ4v) is 2.99. The monoisotopic (exact) mass is 317 g/mol. The highest BCUT2D eigenvalue weighted by atomic mass is 32.1. The largest absolute Gasteiger partial charge is 0.393 e. The summed E-state index contributed by atoms with van der Waals surface area (Å²) in [4.78, 5) is 5.52. The van der Waals surface area contributed by atoms with Crippen LogP contribution in [0.15, 0.2) is 12.1 Å². The van der Waals surface area contributed by atoms with Crippen LogP contribution in [0.1, 0.15) is 56.5 Å². The maximum absolute atomic E-state index is 5.84. The lowest BCUT2D eigenvalue weighted by molar-refractivity contribution is 0.524. The Morgan fingerprint density at radius 3 is 2.36 bits per heavy atom. The first-order valence-electron chi connectivity index (χ1n) is 8.15. The highest BCUT2D eigenvalue weighted by Gasteiger charge is 2.20. The van der Waals surface area contributed by atoms with Crippen LogP contribution >= 0.6 is 12.2 Å². The predicted octanol–water partition coefficient (Wildman–Crippen LogP) is 4.48. The Morgan fingerprint density at radius 1 is 1.23 bits per heavy atom. The lowest BCUT2D eigenvalue weighted by Crippen LogP contribution is -2.24. The molecule has 2 rings (SSSR count). The summed E-state index contributed by atoms with van der Waals surface area (Å²) in [6.45, 7) is 11.6. The van der Waals surface area contributed by atoms with Crippen LogP contribution in [-0.2, 0) is 6.54 Å². The summed E-state index contributed by atoms with van der Waals surface area (Å²) in [5.74, 6) is 1.82. The van der Waals surface area contributed by atoms with Crippen LogP contribution in [0.5, 0.6) is 0 Å². The molecule has 0 amide bonds. The molecule has 0 radical (unpaired) electrons. The first-order valence-corrected chi connectivity index (χ1v) is 8.56. The molecule has 1 aromatic carbocycles. The first-order chi connectivity index (χ1) is 10.4. The zero-order valence-corrected chi connectivity index (χ0v) is 15.1. The van der Waals surface area contributed by atoms with Gasteiger partial charge in [0.25, 0.3) is 0 Å². The molecule has 1 unspecified atom stereocenters. The van der Waals surface area contributed by atoms with Gasteiger partial charge in [-0.3, -0.25) is 0 Å². The second kappa shape index (κ2) is 6.78. The second-order valence-electron chi connectivity index (χ2n) is 6.32. The number of fused-ring (bicyclic) bond motifs is 1. The molecule has 0 aliphatic heterocycles. The fourth-order valence-electron chi connectivity index (χ4n) is 2.92. The van der Waals surface area contributed by atoms with Gasteiger partial charge < -0.3 is 10.3 Å². The Bertz CT molecular complexity index is 683. The van der Waals surface area contributed by atoms with E-state index in [4.69, 9.17) is 22.9 Å². The van der Waals surface area contributed by atoms with E-state index in [2.05, 4.69) is 51.3 Å². The van der Waals surface area contributed by atoms with Crippen molar-refractivity contribution in [1.29, 1.82) is 0 Å². The molecular weight excluding hydrogens is 290 g/mol. The Kier molecular flexibility index (Phi) is 5.22. The lowest BCUT2D eigenvalue weighted by Gasteiger charge is -2.18. The number of thiocarbonyl (C=S) groups is 1. The number of rotatable bonds is 6. The minimum Gasteiger partial charge on any atom is -0.393 e. The van der Waals surface area contributed by atoms with Crippen LogP contribution in [0.4, 0.5) is 0 Å². The summed E-state index contributed by atoms with van der Waals surface area (Å²) >= 11 is 5.17. The highest BCUT2D eigenvalue weighted by molar-refractivity contribution is 7.80. The molecule has 0 aliphatic rings. The van der Waals surface area contributed by atoms with Crippen molar-refractivity contribution in [1.82, 2.24) is 9.55 Å². The van der Waals surface area contributed by atoms with Crippen molar-refractivity contribution in [2.24, 2.45) is 11.7 Å². The van der Waals surface area contributed by atoms with Crippen LogP contribution in [-0.4, -0.2) is 14.5 Å². The molecule has 120 valence electrons. The van der Waals surface area contributed by atoms with E-state index >= 15 is 0 Å². The Hall–Kier alpha value is -1.42. The maximum Gasteiger partial charge on any atom is 0.112 e. The molecule has 0 fully saturated rings. The van der Waals surface area contributed by atoms with Crippen molar-refractivity contribution in [3.63, 3.8) is 0 Å². The zero-order chi connectivity index (χ0) is 16.4. The average molecular weight is 318 g/mol. The van der Waals surface area contributed by atoms with E-state index in [1.165, 1.54) is 22.5 Å². The highest BCUT2D eigenvalue weighted by Crippen LogP contribution is 2.29. The Labute approximate surface area is 138 Å². The van der Waals surface area contributed by atoms with Crippen molar-refractivity contribution >= 4 is 28.2 Å². The number of nitrogens with two attached hydrogens (primary N) is 1. The zero-order valence-electron chi connectivity index (χ0n) is 14.3. The third-order valence-electron chi connectivity index (χ3n) is 4.69. The molecule has 3 nitrogen and oxygen atoms in total. The molecule has 1 heterocycles. The molecule has 0 spiro atoms. The van der Waals surface area contributed by atoms with E-state index in [1.807, 2.05) is 0 Å². The van der Waals surface area contributed by atoms with E-state index < -0.39 is 0 Å². The third kappa shape index (κ3) is 3.17. The number of aryl methyl sites for hydroxylation is 2. The van der Waals surface area contributed by atoms with Crippen molar-refractivity contribution < 1.29 is 0 Å². The van der Waals surface area contributed by atoms with Crippen LogP contribution in [0.2, 0.25) is 0 Å². The summed E-state index contributed by atoms with van der Waals surface area (Å²) in [7, 11) is 0. The number of hydrogen-bond donors (Lipinski definition) is 1. The second-order valence-corrected chi connectivity index (χ2v) is 6.79. The molecule has 0 bridgehead atoms. The maximum atomic E-state index is 5.84. The number of imidazole rings is 1. The number of aromatic nitrogens is 2. The van der Waals surface area contributed by atoms with E-state index in [1.54, 1.807) is 0 Å². The quantitative estimate of drug-likeness (QED) is 0.799. The van der Waals surface area contributed by atoms with Gasteiger partial charge in [0.1, 0.15) is 5.82 Å². The van der Waals surface area contributed by atoms with Gasteiger partial charge in [0.05, 0.1) is 16.0 Å². The van der Waals surface area contributed by atoms with Gasteiger partial charge in [0.15, 0.2) is 0 Å². The molecule has 0 aliphatic carbocycles. The van der Waals surface area contributed by atoms with Gasteiger partial charge in [-0.2, -0.15) is 0 Å². The molecular formula is C18H27N3S. The van der Waals surface area contributed by atoms with Crippen molar-refractivity contribution in [3.8, 4) is 0 Å². The molecule has 1 aromatic heterocycles. The van der Waals surface area contributed by atoms with Gasteiger partial charge in [-0.25, -0.2) is 4.98 Å². The van der Waals surface area contributed by atoms with Crippen molar-refractivity contribution in [2.75, 3.05) is 0 Å². The molecule has 2 aromatic rings. The molecule has 4 heteroatoms. The average Bonchev–Trinajstić information content (AvgIpc) is 2.79. The van der Waals surface area contributed by atoms with Gasteiger partial charge in [-0.05, 0) is 49.9 Å². The lowest BCUT2D eigenvalue weighted by atomic mass is 10.0. The number of nitrogens with zero attached hydrogens (tertiary/aromatic N) is 2. The van der Waals surface area contributed by atoms with E-state index in [-0.39, 0.29) is 5.92 Å². The van der Waals surface area contributed by atoms with Gasteiger partial charge in [-0.15, -0.1) is 0 Å². The molecule has 0 saturated heterocycles. The van der Waals surface area contributed by atoms with Crippen LogP contribution in [0.3, 0.4) is 0 Å². The van der Waals surface area contributed by atoms with Crippen molar-refractivity contribution in [3.05, 3.63) is 29.1 Å². The third-order valence-corrected chi connectivity index (χ3v) is 5.09. The smallest absolute Gasteiger partial charge is 0.112 e. The van der Waals surface area contributed by atoms with Gasteiger partial charge >= 0.3 is 0 Å². The molecule has 1 atom stereocenters. The number of hydrogen-bond acceptors (Lipinski definition) is 2. The molecule has 22 heavy (non-hydrogen) atoms. The van der Waals surface area contributed by atoms with Crippen LogP contribution in [0, 0.1) is 19.8 Å². The summed E-state index contributed by atoms with van der Waals surface area (Å²) < 4.78 is 2.34. The van der Waals surface area contributed by atoms with E-state index in [0.717, 1.165) is 24.9 Å². The number of benzene rings is 1. The Morgan fingerprint density at radius 2 is 1.82 bits per heavy atom. The summed E-state index contributed by atoms with van der Waals surface area (Å²) in [6.07, 6.45) is 2.19. The van der Waals surface area contributed by atoms with E-state index in [9.17, 15) is 0 Å². The Balaban J connectivity index is 2.63.